The third-order valence-corrected chi connectivity index (χ3v) is 5.40. The second-order valence-corrected chi connectivity index (χ2v) is 6.91. The van der Waals surface area contributed by atoms with Crippen LogP contribution in [0.2, 0.25) is 5.02 Å². The van der Waals surface area contributed by atoms with Crippen molar-refractivity contribution in [1.29, 1.82) is 0 Å². The summed E-state index contributed by atoms with van der Waals surface area (Å²) in [7, 11) is 1.86. The normalized spacial score (nSPS) is 22.1. The Kier molecular flexibility index (Phi) is 5.97. The number of rotatable bonds is 4. The number of benzene rings is 1. The van der Waals surface area contributed by atoms with E-state index in [-0.39, 0.29) is 18.6 Å². The molecule has 0 atom stereocenters. The van der Waals surface area contributed by atoms with Crippen LogP contribution in [0.5, 0.6) is 0 Å². The number of hydrogen-bond acceptors (Lipinski definition) is 3. The van der Waals surface area contributed by atoms with Crippen LogP contribution in [-0.2, 0) is 0 Å². The van der Waals surface area contributed by atoms with E-state index in [9.17, 15) is 9.90 Å². The molecule has 0 unspecified atom stereocenters. The first-order chi connectivity index (χ1) is 10.1. The summed E-state index contributed by atoms with van der Waals surface area (Å²) in [6, 6.07) is 5.83. The highest BCUT2D eigenvalue weighted by Gasteiger charge is 2.27. The summed E-state index contributed by atoms with van der Waals surface area (Å²) in [5.41, 5.74) is 0.579. The van der Waals surface area contributed by atoms with Gasteiger partial charge in [-0.1, -0.05) is 11.6 Å². The summed E-state index contributed by atoms with van der Waals surface area (Å²) >= 11 is 7.79. The second-order valence-electron chi connectivity index (χ2n) is 5.62. The van der Waals surface area contributed by atoms with Crippen molar-refractivity contribution in [3.8, 4) is 0 Å². The van der Waals surface area contributed by atoms with Gasteiger partial charge in [-0.2, -0.15) is 0 Å². The Balaban J connectivity index is 2.09. The molecular formula is C16H22ClNO2S. The highest BCUT2D eigenvalue weighted by Crippen LogP contribution is 2.29. The van der Waals surface area contributed by atoms with E-state index in [0.29, 0.717) is 16.5 Å². The number of carbonyl (C=O) groups excluding carboxylic acids is 1. The van der Waals surface area contributed by atoms with Gasteiger partial charge in [-0.05, 0) is 56.1 Å². The summed E-state index contributed by atoms with van der Waals surface area (Å²) in [5, 5.41) is 9.70. The van der Waals surface area contributed by atoms with Gasteiger partial charge in [0.2, 0.25) is 0 Å². The smallest absolute Gasteiger partial charge is 0.255 e. The SMILES string of the molecule is CSc1ccc(Cl)c(C(=O)N(C)C2CCC(CO)CC2)c1. The molecule has 1 aliphatic carbocycles. The number of halogens is 1. The van der Waals surface area contributed by atoms with E-state index < -0.39 is 0 Å². The van der Waals surface area contributed by atoms with Crippen LogP contribution in [-0.4, -0.2) is 41.9 Å². The molecule has 116 valence electrons. The van der Waals surface area contributed by atoms with Gasteiger partial charge in [-0.3, -0.25) is 4.79 Å². The van der Waals surface area contributed by atoms with Crippen LogP contribution in [0.15, 0.2) is 23.1 Å². The van der Waals surface area contributed by atoms with Crippen LogP contribution in [0.4, 0.5) is 0 Å². The van der Waals surface area contributed by atoms with Crippen molar-refractivity contribution in [3.63, 3.8) is 0 Å². The molecular weight excluding hydrogens is 306 g/mol. The lowest BCUT2D eigenvalue weighted by Crippen LogP contribution is -2.40. The van der Waals surface area contributed by atoms with E-state index in [2.05, 4.69) is 0 Å². The first-order valence-electron chi connectivity index (χ1n) is 7.28. The molecule has 0 heterocycles. The molecule has 1 amide bonds. The van der Waals surface area contributed by atoms with E-state index in [1.54, 1.807) is 17.8 Å². The number of nitrogens with zero attached hydrogens (tertiary/aromatic N) is 1. The second kappa shape index (κ2) is 7.52. The van der Waals surface area contributed by atoms with Gasteiger partial charge >= 0.3 is 0 Å². The monoisotopic (exact) mass is 327 g/mol. The molecule has 5 heteroatoms. The number of thioether (sulfide) groups is 1. The minimum Gasteiger partial charge on any atom is -0.396 e. The van der Waals surface area contributed by atoms with E-state index in [1.165, 1.54) is 0 Å². The van der Waals surface area contributed by atoms with Crippen LogP contribution < -0.4 is 0 Å². The van der Waals surface area contributed by atoms with E-state index in [0.717, 1.165) is 30.6 Å². The quantitative estimate of drug-likeness (QED) is 0.857. The first kappa shape index (κ1) is 16.7. The van der Waals surface area contributed by atoms with E-state index in [1.807, 2.05) is 30.3 Å². The van der Waals surface area contributed by atoms with Crippen LogP contribution in [0.1, 0.15) is 36.0 Å². The summed E-state index contributed by atoms with van der Waals surface area (Å²) in [5.74, 6) is 0.386. The molecule has 2 rings (SSSR count). The molecule has 1 aromatic rings. The zero-order valence-corrected chi connectivity index (χ0v) is 14.1. The van der Waals surface area contributed by atoms with E-state index in [4.69, 9.17) is 11.6 Å². The highest BCUT2D eigenvalue weighted by atomic mass is 35.5. The average molecular weight is 328 g/mol. The minimum atomic E-state index is -0.0108. The fraction of sp³-hybridized carbons (Fsp3) is 0.562. The van der Waals surface area contributed by atoms with Gasteiger partial charge in [-0.25, -0.2) is 0 Å². The molecule has 3 nitrogen and oxygen atoms in total. The summed E-state index contributed by atoms with van der Waals surface area (Å²) < 4.78 is 0. The predicted molar refractivity (Wildman–Crippen MR) is 88.2 cm³/mol. The molecule has 1 aromatic carbocycles. The van der Waals surface area contributed by atoms with Crippen LogP contribution in [0.25, 0.3) is 0 Å². The maximum Gasteiger partial charge on any atom is 0.255 e. The summed E-state index contributed by atoms with van der Waals surface area (Å²) in [6.45, 7) is 0.256. The third-order valence-electron chi connectivity index (χ3n) is 4.35. The Bertz CT molecular complexity index is 501. The van der Waals surface area contributed by atoms with Crippen molar-refractivity contribution in [1.82, 2.24) is 4.90 Å². The van der Waals surface area contributed by atoms with Crippen molar-refractivity contribution >= 4 is 29.3 Å². The number of amides is 1. The standard InChI is InChI=1S/C16H22ClNO2S/c1-18(12-5-3-11(10-19)4-6-12)16(20)14-9-13(21-2)7-8-15(14)17/h7-9,11-12,19H,3-6,10H2,1-2H3. The first-order valence-corrected chi connectivity index (χ1v) is 8.88. The Hall–Kier alpha value is -0.710. The Morgan fingerprint density at radius 1 is 1.38 bits per heavy atom. The molecule has 1 fully saturated rings. The lowest BCUT2D eigenvalue weighted by Gasteiger charge is -2.34. The largest absolute Gasteiger partial charge is 0.396 e. The fourth-order valence-corrected chi connectivity index (χ4v) is 3.50. The molecule has 1 N–H and O–H groups in total. The maximum atomic E-state index is 12.7. The minimum absolute atomic E-state index is 0.0108. The zero-order valence-electron chi connectivity index (χ0n) is 12.5. The van der Waals surface area contributed by atoms with Gasteiger partial charge in [-0.15, -0.1) is 11.8 Å². The molecule has 0 saturated heterocycles. The lowest BCUT2D eigenvalue weighted by molar-refractivity contribution is 0.0653. The zero-order chi connectivity index (χ0) is 15.4. The highest BCUT2D eigenvalue weighted by molar-refractivity contribution is 7.98. The fourth-order valence-electron chi connectivity index (χ4n) is 2.87. The van der Waals surface area contributed by atoms with Gasteiger partial charge in [0, 0.05) is 24.6 Å². The average Bonchev–Trinajstić information content (AvgIpc) is 2.54. The van der Waals surface area contributed by atoms with Gasteiger partial charge in [0.1, 0.15) is 0 Å². The van der Waals surface area contributed by atoms with Crippen LogP contribution in [0, 0.1) is 5.92 Å². The van der Waals surface area contributed by atoms with Crippen molar-refractivity contribution in [2.45, 2.75) is 36.6 Å². The van der Waals surface area contributed by atoms with Crippen LogP contribution in [0.3, 0.4) is 0 Å². The molecule has 0 aromatic heterocycles. The maximum absolute atomic E-state index is 12.7. The Morgan fingerprint density at radius 3 is 2.62 bits per heavy atom. The van der Waals surface area contributed by atoms with Gasteiger partial charge in [0.15, 0.2) is 0 Å². The van der Waals surface area contributed by atoms with Crippen LogP contribution >= 0.6 is 23.4 Å². The Labute approximate surface area is 135 Å². The number of aliphatic hydroxyl groups is 1. The molecule has 0 bridgehead atoms. The molecule has 1 aliphatic rings. The van der Waals surface area contributed by atoms with Crippen molar-refractivity contribution in [2.75, 3.05) is 19.9 Å². The molecule has 0 spiro atoms. The molecule has 1 saturated carbocycles. The van der Waals surface area contributed by atoms with Gasteiger partial charge < -0.3 is 10.0 Å². The van der Waals surface area contributed by atoms with E-state index >= 15 is 0 Å². The Morgan fingerprint density at radius 2 is 2.05 bits per heavy atom. The summed E-state index contributed by atoms with van der Waals surface area (Å²) in [6.07, 6.45) is 5.85. The molecule has 0 aliphatic heterocycles. The topological polar surface area (TPSA) is 40.5 Å². The van der Waals surface area contributed by atoms with Crippen molar-refractivity contribution < 1.29 is 9.90 Å². The molecule has 21 heavy (non-hydrogen) atoms. The molecule has 0 radical (unpaired) electrons. The third kappa shape index (κ3) is 3.93. The lowest BCUT2D eigenvalue weighted by atomic mass is 9.86. The number of carbonyl (C=O) groups is 1. The van der Waals surface area contributed by atoms with Crippen molar-refractivity contribution in [3.05, 3.63) is 28.8 Å². The number of aliphatic hydroxyl groups excluding tert-OH is 1. The van der Waals surface area contributed by atoms with Gasteiger partial charge in [0.25, 0.3) is 5.91 Å². The predicted octanol–water partition coefficient (Wildman–Crippen LogP) is 3.69. The van der Waals surface area contributed by atoms with Gasteiger partial charge in [0.05, 0.1) is 10.6 Å². The van der Waals surface area contributed by atoms with Crippen molar-refractivity contribution in [2.24, 2.45) is 5.92 Å². The summed E-state index contributed by atoms with van der Waals surface area (Å²) in [4.78, 5) is 15.5. The number of hydrogen-bond donors (Lipinski definition) is 1.